The van der Waals surface area contributed by atoms with Gasteiger partial charge in [0.2, 0.25) is 0 Å². The largest absolute Gasteiger partial charge is 0.345 e. The van der Waals surface area contributed by atoms with Crippen LogP contribution in [0.3, 0.4) is 0 Å². The van der Waals surface area contributed by atoms with Crippen LogP contribution in [-0.4, -0.2) is 12.5 Å². The fourth-order valence-electron chi connectivity index (χ4n) is 1.27. The van der Waals surface area contributed by atoms with Crippen molar-refractivity contribution in [1.29, 1.82) is 0 Å². The van der Waals surface area contributed by atoms with Crippen molar-refractivity contribution >= 4 is 6.41 Å². The quantitative estimate of drug-likeness (QED) is 0.557. The summed E-state index contributed by atoms with van der Waals surface area (Å²) in [6, 6.07) is 0.363. The summed E-state index contributed by atoms with van der Waals surface area (Å²) in [6.07, 6.45) is 8.78. The molecule has 0 aliphatic heterocycles. The first-order valence-electron chi connectivity index (χ1n) is 4.97. The molecule has 2 nitrogen and oxygen atoms in total. The van der Waals surface area contributed by atoms with Crippen molar-refractivity contribution in [3.05, 3.63) is 0 Å². The van der Waals surface area contributed by atoms with Crippen molar-refractivity contribution in [2.45, 2.75) is 58.4 Å². The zero-order valence-electron chi connectivity index (χ0n) is 8.23. The van der Waals surface area contributed by atoms with E-state index in [1.165, 1.54) is 25.7 Å². The zero-order valence-corrected chi connectivity index (χ0v) is 8.23. The highest BCUT2D eigenvalue weighted by atomic mass is 16.1. The number of unbranched alkanes of at least 4 members (excludes halogenated alkanes) is 2. The van der Waals surface area contributed by atoms with Gasteiger partial charge in [0.1, 0.15) is 0 Å². The lowest BCUT2D eigenvalue weighted by molar-refractivity contribution is 0.458. The van der Waals surface area contributed by atoms with Crippen molar-refractivity contribution in [2.75, 3.05) is 0 Å². The number of carbonyl (C=O) groups excluding carboxylic acids is 1. The number of nitrogens with one attached hydrogen (secondary N) is 1. The van der Waals surface area contributed by atoms with Gasteiger partial charge in [-0.05, 0) is 12.8 Å². The van der Waals surface area contributed by atoms with E-state index in [-0.39, 0.29) is 0 Å². The Labute approximate surface area is 75.7 Å². The number of hydrogen-bond donors (Lipinski definition) is 1. The van der Waals surface area contributed by atoms with Crippen LogP contribution in [0.4, 0.5) is 0 Å². The van der Waals surface area contributed by atoms with Gasteiger partial charge in [-0.2, -0.15) is 0 Å². The van der Waals surface area contributed by atoms with Crippen LogP contribution >= 0.6 is 0 Å². The van der Waals surface area contributed by atoms with Gasteiger partial charge < -0.3 is 5.32 Å². The molecule has 0 heterocycles. The summed E-state index contributed by atoms with van der Waals surface area (Å²) in [5, 5.41) is 2.75. The normalized spacial score (nSPS) is 10.2. The van der Waals surface area contributed by atoms with Crippen LogP contribution in [0.25, 0.3) is 0 Å². The predicted octanol–water partition coefficient (Wildman–Crippen LogP) is 2.39. The first kappa shape index (κ1) is 11.5. The Kier molecular flexibility index (Phi) is 8.19. The molecule has 1 N–H and O–H groups in total. The second kappa shape index (κ2) is 8.57. The molecular formula is C10H20NO. The van der Waals surface area contributed by atoms with Crippen LogP contribution in [-0.2, 0) is 4.79 Å². The average Bonchev–Trinajstić information content (AvgIpc) is 2.10. The fourth-order valence-corrected chi connectivity index (χ4v) is 1.27. The number of amides is 1. The van der Waals surface area contributed by atoms with E-state index in [4.69, 9.17) is 0 Å². The summed E-state index contributed by atoms with van der Waals surface area (Å²) in [6.45, 7) is 4.34. The molecule has 1 radical (unpaired) electrons. The van der Waals surface area contributed by atoms with Gasteiger partial charge in [-0.1, -0.05) is 39.5 Å². The van der Waals surface area contributed by atoms with Crippen LogP contribution in [0.2, 0.25) is 0 Å². The lowest BCUT2D eigenvalue weighted by Crippen LogP contribution is -2.27. The Hall–Kier alpha value is -0.530. The maximum Gasteiger partial charge on any atom is 0.309 e. The summed E-state index contributed by atoms with van der Waals surface area (Å²) >= 11 is 0. The van der Waals surface area contributed by atoms with Crippen molar-refractivity contribution < 1.29 is 4.79 Å². The topological polar surface area (TPSA) is 29.1 Å². The van der Waals surface area contributed by atoms with E-state index in [0.29, 0.717) is 6.04 Å². The van der Waals surface area contributed by atoms with Crippen LogP contribution in [0.15, 0.2) is 0 Å². The molecule has 0 atom stereocenters. The molecule has 0 aromatic heterocycles. The molecule has 0 unspecified atom stereocenters. The molecule has 0 saturated carbocycles. The van der Waals surface area contributed by atoms with Gasteiger partial charge in [0.15, 0.2) is 0 Å². The van der Waals surface area contributed by atoms with E-state index >= 15 is 0 Å². The maximum atomic E-state index is 10.1. The second-order valence-electron chi connectivity index (χ2n) is 3.23. The van der Waals surface area contributed by atoms with Crippen LogP contribution in [0.1, 0.15) is 52.4 Å². The molecule has 0 aliphatic rings. The molecule has 0 spiro atoms. The third-order valence-corrected chi connectivity index (χ3v) is 2.08. The Bertz CT molecular complexity index is 96.0. The van der Waals surface area contributed by atoms with E-state index in [1.807, 2.05) is 0 Å². The number of hydrogen-bond acceptors (Lipinski definition) is 1. The van der Waals surface area contributed by atoms with E-state index in [9.17, 15) is 4.79 Å². The van der Waals surface area contributed by atoms with Crippen molar-refractivity contribution in [3.63, 3.8) is 0 Å². The molecule has 1 amide bonds. The van der Waals surface area contributed by atoms with Gasteiger partial charge in [0, 0.05) is 6.04 Å². The monoisotopic (exact) mass is 170 g/mol. The van der Waals surface area contributed by atoms with Crippen LogP contribution in [0.5, 0.6) is 0 Å². The molecule has 0 aromatic carbocycles. The highest BCUT2D eigenvalue weighted by Gasteiger charge is 2.05. The van der Waals surface area contributed by atoms with Crippen LogP contribution in [0, 0.1) is 0 Å². The first-order chi connectivity index (χ1) is 5.85. The third kappa shape index (κ3) is 6.20. The average molecular weight is 170 g/mol. The Morgan fingerprint density at radius 2 is 1.67 bits per heavy atom. The Morgan fingerprint density at radius 3 is 2.00 bits per heavy atom. The van der Waals surface area contributed by atoms with Crippen molar-refractivity contribution in [2.24, 2.45) is 0 Å². The van der Waals surface area contributed by atoms with Crippen molar-refractivity contribution in [3.8, 4) is 0 Å². The lowest BCUT2D eigenvalue weighted by atomic mass is 10.0. The summed E-state index contributed by atoms with van der Waals surface area (Å²) < 4.78 is 0. The van der Waals surface area contributed by atoms with Crippen molar-refractivity contribution in [1.82, 2.24) is 5.32 Å². The minimum Gasteiger partial charge on any atom is -0.345 e. The zero-order chi connectivity index (χ0) is 9.23. The maximum absolute atomic E-state index is 10.1. The molecule has 0 aliphatic carbocycles. The highest BCUT2D eigenvalue weighted by molar-refractivity contribution is 5.47. The van der Waals surface area contributed by atoms with Gasteiger partial charge in [-0.25, -0.2) is 0 Å². The van der Waals surface area contributed by atoms with Crippen LogP contribution < -0.4 is 5.32 Å². The fraction of sp³-hybridized carbons (Fsp3) is 0.900. The lowest BCUT2D eigenvalue weighted by Gasteiger charge is -2.13. The van der Waals surface area contributed by atoms with Gasteiger partial charge in [-0.3, -0.25) is 4.79 Å². The summed E-state index contributed by atoms with van der Waals surface area (Å²) in [5.74, 6) is 0. The molecular weight excluding hydrogens is 150 g/mol. The van der Waals surface area contributed by atoms with Gasteiger partial charge in [0.05, 0.1) is 0 Å². The smallest absolute Gasteiger partial charge is 0.309 e. The first-order valence-corrected chi connectivity index (χ1v) is 4.97. The molecule has 2 heteroatoms. The van der Waals surface area contributed by atoms with E-state index in [0.717, 1.165) is 12.8 Å². The Morgan fingerprint density at radius 1 is 1.17 bits per heavy atom. The highest BCUT2D eigenvalue weighted by Crippen LogP contribution is 2.07. The number of rotatable bonds is 8. The second-order valence-corrected chi connectivity index (χ2v) is 3.23. The van der Waals surface area contributed by atoms with E-state index < -0.39 is 0 Å². The molecule has 0 rings (SSSR count). The summed E-state index contributed by atoms with van der Waals surface area (Å²) in [5.41, 5.74) is 0. The molecule has 0 saturated heterocycles. The Balaban J connectivity index is 3.46. The van der Waals surface area contributed by atoms with Gasteiger partial charge in [0.25, 0.3) is 0 Å². The third-order valence-electron chi connectivity index (χ3n) is 2.08. The molecule has 0 aromatic rings. The predicted molar refractivity (Wildman–Crippen MR) is 51.7 cm³/mol. The molecule has 71 valence electrons. The molecule has 0 bridgehead atoms. The molecule has 12 heavy (non-hydrogen) atoms. The van der Waals surface area contributed by atoms with Gasteiger partial charge in [-0.15, -0.1) is 0 Å². The minimum atomic E-state index is 0.363. The van der Waals surface area contributed by atoms with E-state index in [2.05, 4.69) is 19.2 Å². The summed E-state index contributed by atoms with van der Waals surface area (Å²) in [7, 11) is 0. The standard InChI is InChI=1S/C10H20NO/c1-3-5-7-10(11-9-12)8-6-4-2/h10H,3-8H2,1-2H3,(H,11,12). The van der Waals surface area contributed by atoms with E-state index in [1.54, 1.807) is 6.41 Å². The SMILES string of the molecule is CCCCC(CCCC)N[C]=O. The minimum absolute atomic E-state index is 0.363. The van der Waals surface area contributed by atoms with Gasteiger partial charge >= 0.3 is 6.41 Å². The molecule has 0 fully saturated rings. The summed E-state index contributed by atoms with van der Waals surface area (Å²) in [4.78, 5) is 10.1.